The summed E-state index contributed by atoms with van der Waals surface area (Å²) in [5.74, 6) is 0. The van der Waals surface area contributed by atoms with Crippen LogP contribution in [-0.2, 0) is 5.41 Å². The van der Waals surface area contributed by atoms with Crippen molar-refractivity contribution in [3.8, 4) is 11.1 Å². The zero-order chi connectivity index (χ0) is 36.1. The molecule has 0 bridgehead atoms. The van der Waals surface area contributed by atoms with Crippen molar-refractivity contribution in [3.05, 3.63) is 202 Å². The molecular weight excluding hydrogens is 629 g/mol. The summed E-state index contributed by atoms with van der Waals surface area (Å²) in [6.07, 6.45) is 0. The summed E-state index contributed by atoms with van der Waals surface area (Å²) >= 11 is 0. The van der Waals surface area contributed by atoms with Gasteiger partial charge in [-0.05, 0) is 149 Å². The molecule has 52 heavy (non-hydrogen) atoms. The van der Waals surface area contributed by atoms with Gasteiger partial charge in [0.15, 0.2) is 0 Å². The molecule has 0 heterocycles. The van der Waals surface area contributed by atoms with Crippen LogP contribution in [0.1, 0.15) is 57.0 Å². The van der Waals surface area contributed by atoms with E-state index in [9.17, 15) is 0 Å². The Labute approximate surface area is 309 Å². The Balaban J connectivity index is 1.35. The Morgan fingerprint density at radius 1 is 0.308 bits per heavy atom. The molecule has 1 aliphatic carbocycles. The molecule has 1 aliphatic rings. The fourth-order valence-corrected chi connectivity index (χ4v) is 8.03. The lowest BCUT2D eigenvalue weighted by Gasteiger charge is -2.32. The zero-order valence-corrected chi connectivity index (χ0v) is 31.3. The second-order valence-electron chi connectivity index (χ2n) is 15.0. The molecule has 2 nitrogen and oxygen atoms in total. The van der Waals surface area contributed by atoms with Gasteiger partial charge in [-0.15, -0.1) is 0 Å². The second-order valence-corrected chi connectivity index (χ2v) is 15.0. The first-order valence-corrected chi connectivity index (χ1v) is 18.3. The number of anilines is 6. The molecule has 0 spiro atoms. The SMILES string of the molecule is Cc1ccc(N(c2ccc(C)cc2)c2ccc3c(c2)C(C)(c2cc(C)cc(C)c2)c2cc(N(c4ccc(C)cc4)c4ccc(C)cc4)ccc2-3)cc1. The lowest BCUT2D eigenvalue weighted by atomic mass is 9.73. The second kappa shape index (κ2) is 13.0. The molecule has 8 rings (SSSR count). The highest BCUT2D eigenvalue weighted by Crippen LogP contribution is 2.55. The van der Waals surface area contributed by atoms with Crippen LogP contribution in [0.4, 0.5) is 34.1 Å². The van der Waals surface area contributed by atoms with E-state index >= 15 is 0 Å². The molecular formula is C50H46N2. The summed E-state index contributed by atoms with van der Waals surface area (Å²) in [5, 5.41) is 0. The summed E-state index contributed by atoms with van der Waals surface area (Å²) in [6, 6.07) is 56.8. The van der Waals surface area contributed by atoms with E-state index in [4.69, 9.17) is 0 Å². The predicted octanol–water partition coefficient (Wildman–Crippen LogP) is 13.8. The minimum atomic E-state index is -0.397. The van der Waals surface area contributed by atoms with Gasteiger partial charge < -0.3 is 9.80 Å². The molecule has 256 valence electrons. The van der Waals surface area contributed by atoms with E-state index in [1.807, 2.05) is 0 Å². The summed E-state index contributed by atoms with van der Waals surface area (Å²) < 4.78 is 0. The van der Waals surface area contributed by atoms with Crippen molar-refractivity contribution in [2.75, 3.05) is 9.80 Å². The van der Waals surface area contributed by atoms with Crippen LogP contribution in [0.25, 0.3) is 11.1 Å². The summed E-state index contributed by atoms with van der Waals surface area (Å²) in [7, 11) is 0. The van der Waals surface area contributed by atoms with Gasteiger partial charge in [-0.2, -0.15) is 0 Å². The van der Waals surface area contributed by atoms with Crippen LogP contribution in [0.2, 0.25) is 0 Å². The van der Waals surface area contributed by atoms with Crippen LogP contribution < -0.4 is 9.80 Å². The first kappa shape index (κ1) is 33.3. The largest absolute Gasteiger partial charge is 0.310 e. The van der Waals surface area contributed by atoms with Crippen molar-refractivity contribution in [3.63, 3.8) is 0 Å². The van der Waals surface area contributed by atoms with E-state index in [0.29, 0.717) is 0 Å². The van der Waals surface area contributed by atoms with Gasteiger partial charge in [0.05, 0.1) is 0 Å². The Bertz CT molecular complexity index is 2140. The van der Waals surface area contributed by atoms with Gasteiger partial charge in [-0.25, -0.2) is 0 Å². The fourth-order valence-electron chi connectivity index (χ4n) is 8.03. The van der Waals surface area contributed by atoms with E-state index in [1.54, 1.807) is 0 Å². The van der Waals surface area contributed by atoms with Gasteiger partial charge in [0.1, 0.15) is 0 Å². The quantitative estimate of drug-likeness (QED) is 0.166. The normalized spacial score (nSPS) is 12.7. The van der Waals surface area contributed by atoms with Gasteiger partial charge in [0.2, 0.25) is 0 Å². The van der Waals surface area contributed by atoms with Crippen LogP contribution in [0.15, 0.2) is 152 Å². The smallest absolute Gasteiger partial charge is 0.0465 e. The van der Waals surface area contributed by atoms with Crippen molar-refractivity contribution in [2.45, 2.75) is 53.9 Å². The first-order valence-electron chi connectivity index (χ1n) is 18.3. The number of aryl methyl sites for hydroxylation is 6. The third-order valence-electron chi connectivity index (χ3n) is 10.9. The minimum absolute atomic E-state index is 0.397. The first-order chi connectivity index (χ1) is 25.1. The Hall–Kier alpha value is -5.86. The highest BCUT2D eigenvalue weighted by atomic mass is 15.1. The Morgan fingerprint density at radius 2 is 0.596 bits per heavy atom. The average Bonchev–Trinajstić information content (AvgIpc) is 3.39. The molecule has 0 radical (unpaired) electrons. The third-order valence-corrected chi connectivity index (χ3v) is 10.9. The maximum atomic E-state index is 2.45. The van der Waals surface area contributed by atoms with Gasteiger partial charge in [-0.1, -0.05) is 112 Å². The maximum Gasteiger partial charge on any atom is 0.0465 e. The summed E-state index contributed by atoms with van der Waals surface area (Å²) in [4.78, 5) is 4.79. The molecule has 0 unspecified atom stereocenters. The predicted molar refractivity (Wildman–Crippen MR) is 222 cm³/mol. The van der Waals surface area contributed by atoms with Crippen molar-refractivity contribution >= 4 is 34.1 Å². The summed E-state index contributed by atoms with van der Waals surface area (Å²) in [5.41, 5.74) is 20.6. The number of nitrogens with zero attached hydrogens (tertiary/aromatic N) is 2. The third kappa shape index (κ3) is 5.89. The number of benzene rings is 7. The molecule has 0 fully saturated rings. The lowest BCUT2D eigenvalue weighted by molar-refractivity contribution is 0.712. The monoisotopic (exact) mass is 674 g/mol. The number of rotatable bonds is 7. The number of hydrogen-bond acceptors (Lipinski definition) is 2. The van der Waals surface area contributed by atoms with Crippen molar-refractivity contribution in [2.24, 2.45) is 0 Å². The van der Waals surface area contributed by atoms with Gasteiger partial charge in [0, 0.05) is 39.5 Å². The van der Waals surface area contributed by atoms with Crippen LogP contribution in [-0.4, -0.2) is 0 Å². The molecule has 0 atom stereocenters. The van der Waals surface area contributed by atoms with Crippen LogP contribution in [0.3, 0.4) is 0 Å². The van der Waals surface area contributed by atoms with E-state index in [1.165, 1.54) is 61.2 Å². The molecule has 0 saturated carbocycles. The fraction of sp³-hybridized carbons (Fsp3) is 0.160. The summed E-state index contributed by atoms with van der Waals surface area (Å²) in [6.45, 7) is 15.5. The highest BCUT2D eigenvalue weighted by Gasteiger charge is 2.42. The lowest BCUT2D eigenvalue weighted by Crippen LogP contribution is -2.24. The number of hydrogen-bond donors (Lipinski definition) is 0. The van der Waals surface area contributed by atoms with Crippen LogP contribution in [0.5, 0.6) is 0 Å². The Kier molecular flexibility index (Phi) is 8.35. The average molecular weight is 675 g/mol. The molecule has 7 aromatic carbocycles. The van der Waals surface area contributed by atoms with Crippen LogP contribution >= 0.6 is 0 Å². The van der Waals surface area contributed by atoms with E-state index in [2.05, 4.69) is 210 Å². The molecule has 2 heteroatoms. The molecule has 0 saturated heterocycles. The highest BCUT2D eigenvalue weighted by molar-refractivity contribution is 5.90. The van der Waals surface area contributed by atoms with Crippen molar-refractivity contribution in [1.82, 2.24) is 0 Å². The molecule has 0 N–H and O–H groups in total. The standard InChI is InChI=1S/C50H46N2/c1-33-8-16-40(17-9-33)51(41-18-10-34(2)11-19-41)44-24-26-46-47-27-25-45(52(42-20-12-35(3)13-21-42)43-22-14-36(4)15-23-43)32-49(47)50(7,48(46)31-44)39-29-37(5)28-38(6)30-39/h8-32H,1-7H3. The molecule has 0 aliphatic heterocycles. The van der Waals surface area contributed by atoms with Gasteiger partial charge in [-0.3, -0.25) is 0 Å². The zero-order valence-electron chi connectivity index (χ0n) is 31.3. The molecule has 0 aromatic heterocycles. The molecule has 0 amide bonds. The topological polar surface area (TPSA) is 6.48 Å². The number of fused-ring (bicyclic) bond motifs is 3. The van der Waals surface area contributed by atoms with Gasteiger partial charge in [0.25, 0.3) is 0 Å². The minimum Gasteiger partial charge on any atom is -0.310 e. The van der Waals surface area contributed by atoms with Crippen molar-refractivity contribution in [1.29, 1.82) is 0 Å². The Morgan fingerprint density at radius 3 is 0.904 bits per heavy atom. The maximum absolute atomic E-state index is 2.45. The van der Waals surface area contributed by atoms with E-state index in [0.717, 1.165) is 34.1 Å². The van der Waals surface area contributed by atoms with E-state index in [-0.39, 0.29) is 0 Å². The van der Waals surface area contributed by atoms with Crippen LogP contribution in [0, 0.1) is 41.5 Å². The van der Waals surface area contributed by atoms with Gasteiger partial charge >= 0.3 is 0 Å². The molecule has 7 aromatic rings. The van der Waals surface area contributed by atoms with E-state index < -0.39 is 5.41 Å². The van der Waals surface area contributed by atoms with Crippen molar-refractivity contribution < 1.29 is 0 Å².